The fourth-order valence-electron chi connectivity index (χ4n) is 5.34. The maximum Gasteiger partial charge on any atom is 0.289 e. The van der Waals surface area contributed by atoms with Crippen LogP contribution < -0.4 is 16.0 Å². The monoisotopic (exact) mass is 596 g/mol. The van der Waals surface area contributed by atoms with Gasteiger partial charge in [-0.1, -0.05) is 103 Å². The molecule has 1 heterocycles. The Hall–Kier alpha value is -3.75. The number of rotatable bonds is 13. The highest BCUT2D eigenvalue weighted by Gasteiger charge is 2.37. The highest BCUT2D eigenvalue weighted by molar-refractivity contribution is 6.38. The minimum atomic E-state index is -1.20. The molecule has 3 rings (SSSR count). The van der Waals surface area contributed by atoms with Gasteiger partial charge in [0, 0.05) is 32.1 Å². The first-order valence-electron chi connectivity index (χ1n) is 15.8. The molecule has 0 spiro atoms. The lowest BCUT2D eigenvalue weighted by atomic mass is 9.84. The van der Waals surface area contributed by atoms with Crippen LogP contribution in [0.5, 0.6) is 0 Å². The zero-order chi connectivity index (χ0) is 32.2. The number of Topliss-reactive ketones (excluding diaryl/α,β-unsaturated/α-hetero) is 1. The quantitative estimate of drug-likeness (QED) is 0.222. The minimum Gasteiger partial charge on any atom is -0.356 e. The topological polar surface area (TPSA) is 125 Å². The fourth-order valence-corrected chi connectivity index (χ4v) is 5.34. The van der Waals surface area contributed by atoms with Crippen molar-refractivity contribution in [2.24, 2.45) is 11.8 Å². The highest BCUT2D eigenvalue weighted by Crippen LogP contribution is 2.29. The normalized spacial score (nSPS) is 17.6. The van der Waals surface area contributed by atoms with Crippen molar-refractivity contribution in [3.63, 3.8) is 0 Å². The molecule has 3 atom stereocenters. The Morgan fingerprint density at radius 3 is 2.21 bits per heavy atom. The number of hydrogen-bond acceptors (Lipinski definition) is 5. The van der Waals surface area contributed by atoms with Crippen LogP contribution in [0.2, 0.25) is 0 Å². The van der Waals surface area contributed by atoms with Crippen LogP contribution >= 0.6 is 0 Å². The second-order valence-electron chi connectivity index (χ2n) is 10.4. The molecule has 1 saturated carbocycles. The molecule has 2 aliphatic rings. The molecular weight excluding hydrogens is 544 g/mol. The molecule has 1 aliphatic heterocycles. The molecule has 3 N–H and O–H groups in total. The van der Waals surface area contributed by atoms with Gasteiger partial charge in [0.05, 0.1) is 6.04 Å². The van der Waals surface area contributed by atoms with Crippen LogP contribution in [0.3, 0.4) is 0 Å². The lowest BCUT2D eigenvalue weighted by molar-refractivity contribution is -0.142. The van der Waals surface area contributed by atoms with Crippen LogP contribution in [-0.2, 0) is 30.5 Å². The van der Waals surface area contributed by atoms with E-state index in [1.807, 2.05) is 58.0 Å². The average Bonchev–Trinajstić information content (AvgIpc) is 3.45. The molecule has 2 fully saturated rings. The molecule has 4 amide bonds. The molecule has 9 nitrogen and oxygen atoms in total. The number of carbonyl (C=O) groups is 5. The van der Waals surface area contributed by atoms with E-state index in [4.69, 9.17) is 0 Å². The molecule has 0 aromatic heterocycles. The third kappa shape index (κ3) is 12.6. The van der Waals surface area contributed by atoms with E-state index in [-0.39, 0.29) is 30.7 Å². The van der Waals surface area contributed by atoms with Gasteiger partial charge in [-0.15, -0.1) is 0 Å². The van der Waals surface area contributed by atoms with Crippen molar-refractivity contribution in [2.75, 3.05) is 6.54 Å². The van der Waals surface area contributed by atoms with E-state index in [2.05, 4.69) is 22.5 Å². The SMILES string of the molecule is C=C/C=C\N(C(C)=O)C(CC1CCCCC1)C(=O)NC(CC1CCNC1=O)C(=O)C(=O)NCc1ccccc1.CC.CC. The van der Waals surface area contributed by atoms with Crippen molar-refractivity contribution in [1.82, 2.24) is 20.9 Å². The van der Waals surface area contributed by atoms with E-state index in [0.717, 1.165) is 37.7 Å². The third-order valence-electron chi connectivity index (χ3n) is 7.50. The zero-order valence-electron chi connectivity index (χ0n) is 26.7. The van der Waals surface area contributed by atoms with Gasteiger partial charge in [0.2, 0.25) is 23.5 Å². The Labute approximate surface area is 257 Å². The number of allylic oxidation sites excluding steroid dienone is 2. The van der Waals surface area contributed by atoms with E-state index in [0.29, 0.717) is 19.4 Å². The maximum absolute atomic E-state index is 13.7. The highest BCUT2D eigenvalue weighted by atomic mass is 16.2. The lowest BCUT2D eigenvalue weighted by Gasteiger charge is -2.33. The summed E-state index contributed by atoms with van der Waals surface area (Å²) in [6, 6.07) is 7.12. The van der Waals surface area contributed by atoms with Gasteiger partial charge in [0.25, 0.3) is 5.91 Å². The first-order valence-corrected chi connectivity index (χ1v) is 15.8. The molecule has 1 aliphatic carbocycles. The van der Waals surface area contributed by atoms with E-state index in [9.17, 15) is 24.0 Å². The number of benzene rings is 1. The molecule has 0 radical (unpaired) electrons. The van der Waals surface area contributed by atoms with Crippen LogP contribution in [0.25, 0.3) is 0 Å². The van der Waals surface area contributed by atoms with Crippen molar-refractivity contribution in [2.45, 2.75) is 105 Å². The Bertz CT molecular complexity index is 1070. The predicted molar refractivity (Wildman–Crippen MR) is 170 cm³/mol. The Kier molecular flexibility index (Phi) is 18.2. The summed E-state index contributed by atoms with van der Waals surface area (Å²) in [5.41, 5.74) is 0.827. The molecular formula is C34H52N4O5. The van der Waals surface area contributed by atoms with Crippen molar-refractivity contribution in [3.05, 3.63) is 60.8 Å². The molecule has 238 valence electrons. The summed E-state index contributed by atoms with van der Waals surface area (Å²) in [5, 5.41) is 8.13. The van der Waals surface area contributed by atoms with Gasteiger partial charge in [0.1, 0.15) is 6.04 Å². The van der Waals surface area contributed by atoms with Crippen LogP contribution in [0, 0.1) is 11.8 Å². The van der Waals surface area contributed by atoms with Gasteiger partial charge in [-0.05, 0) is 36.8 Å². The second kappa shape index (κ2) is 21.0. The fraction of sp³-hybridized carbons (Fsp3) is 0.559. The van der Waals surface area contributed by atoms with Gasteiger partial charge < -0.3 is 20.9 Å². The number of nitrogens with one attached hydrogen (secondary N) is 3. The molecule has 9 heteroatoms. The first kappa shape index (κ1) is 37.3. The zero-order valence-corrected chi connectivity index (χ0v) is 26.7. The Morgan fingerprint density at radius 2 is 1.65 bits per heavy atom. The molecule has 1 aromatic rings. The number of hydrogen-bond donors (Lipinski definition) is 3. The summed E-state index contributed by atoms with van der Waals surface area (Å²) in [5.74, 6) is -2.92. The summed E-state index contributed by atoms with van der Waals surface area (Å²) in [4.78, 5) is 66.2. The van der Waals surface area contributed by atoms with Crippen LogP contribution in [0.4, 0.5) is 0 Å². The Balaban J connectivity index is 0.00000221. The van der Waals surface area contributed by atoms with Crippen molar-refractivity contribution in [3.8, 4) is 0 Å². The van der Waals surface area contributed by atoms with Crippen molar-refractivity contribution >= 4 is 29.4 Å². The standard InChI is InChI=1S/C30H40N4O5.2C2H6/c1-3-4-17-34(21(2)35)26(18-22-11-7-5-8-12-22)29(38)33-25(19-24-15-16-31-28(24)37)27(36)30(39)32-20-23-13-9-6-10-14-23;2*1-2/h3-4,6,9-10,13-14,17,22,24-26H,1,5,7-8,11-12,15-16,18-20H2,2H3,(H,31,37)(H,32,39)(H,33,38);2*1-2H3/b17-4-;;. The molecule has 1 aromatic carbocycles. The van der Waals surface area contributed by atoms with Gasteiger partial charge in [-0.2, -0.15) is 0 Å². The maximum atomic E-state index is 13.7. The van der Waals surface area contributed by atoms with Gasteiger partial charge in [-0.25, -0.2) is 0 Å². The van der Waals surface area contributed by atoms with E-state index >= 15 is 0 Å². The summed E-state index contributed by atoms with van der Waals surface area (Å²) >= 11 is 0. The molecule has 1 saturated heterocycles. The van der Waals surface area contributed by atoms with Crippen molar-refractivity contribution in [1.29, 1.82) is 0 Å². The summed E-state index contributed by atoms with van der Waals surface area (Å²) in [7, 11) is 0. The van der Waals surface area contributed by atoms with Crippen molar-refractivity contribution < 1.29 is 24.0 Å². The van der Waals surface area contributed by atoms with Gasteiger partial charge in [-0.3, -0.25) is 24.0 Å². The van der Waals surface area contributed by atoms with Gasteiger partial charge >= 0.3 is 0 Å². The first-order chi connectivity index (χ1) is 20.8. The van der Waals surface area contributed by atoms with Crippen LogP contribution in [-0.4, -0.2) is 52.9 Å². The van der Waals surface area contributed by atoms with E-state index < -0.39 is 35.6 Å². The number of amides is 4. The Morgan fingerprint density at radius 1 is 1.00 bits per heavy atom. The summed E-state index contributed by atoms with van der Waals surface area (Å²) < 4.78 is 0. The molecule has 3 unspecified atom stereocenters. The molecule has 0 bridgehead atoms. The number of carbonyl (C=O) groups excluding carboxylic acids is 5. The molecule has 43 heavy (non-hydrogen) atoms. The smallest absolute Gasteiger partial charge is 0.289 e. The minimum absolute atomic E-state index is 0.00782. The van der Waals surface area contributed by atoms with Crippen LogP contribution in [0.15, 0.2) is 55.3 Å². The van der Waals surface area contributed by atoms with E-state index in [1.54, 1.807) is 6.08 Å². The summed E-state index contributed by atoms with van der Waals surface area (Å²) in [6.07, 6.45) is 10.8. The van der Waals surface area contributed by atoms with Crippen LogP contribution in [0.1, 0.15) is 91.5 Å². The average molecular weight is 597 g/mol. The third-order valence-corrected chi connectivity index (χ3v) is 7.50. The largest absolute Gasteiger partial charge is 0.356 e. The number of nitrogens with zero attached hydrogens (tertiary/aromatic N) is 1. The predicted octanol–water partition coefficient (Wildman–Crippen LogP) is 4.82. The summed E-state index contributed by atoms with van der Waals surface area (Å²) in [6.45, 7) is 13.7. The van der Waals surface area contributed by atoms with Gasteiger partial charge in [0.15, 0.2) is 0 Å². The van der Waals surface area contributed by atoms with E-state index in [1.165, 1.54) is 24.1 Å². The second-order valence-corrected chi connectivity index (χ2v) is 10.4. The lowest BCUT2D eigenvalue weighted by Crippen LogP contribution is -2.54. The number of ketones is 1.